The normalized spacial score (nSPS) is 30.5. The molecule has 0 radical (unpaired) electrons. The van der Waals surface area contributed by atoms with Gasteiger partial charge in [-0.25, -0.2) is 27.6 Å². The zero-order valence-corrected chi connectivity index (χ0v) is 30.8. The molecule has 2 saturated heterocycles. The maximum Gasteiger partial charge on any atom is 0.490 e. The zero-order valence-electron chi connectivity index (χ0n) is 27.2. The van der Waals surface area contributed by atoms with Crippen LogP contribution in [0.15, 0.2) is 33.0 Å². The molecule has 0 aromatic carbocycles. The van der Waals surface area contributed by atoms with Gasteiger partial charge in [0.2, 0.25) is 11.7 Å². The Labute approximate surface area is 298 Å². The van der Waals surface area contributed by atoms with E-state index in [2.05, 4.69) is 31.9 Å². The predicted octanol–water partition coefficient (Wildman–Crippen LogP) is -3.94. The van der Waals surface area contributed by atoms with Crippen LogP contribution < -0.4 is 27.1 Å². The second-order valence-electron chi connectivity index (χ2n) is 11.3. The van der Waals surface area contributed by atoms with Crippen molar-refractivity contribution in [2.24, 2.45) is 7.05 Å². The lowest BCUT2D eigenvalue weighted by Crippen LogP contribution is -2.46. The number of imidazole rings is 1. The number of nitrogens with two attached hydrogens (primary N) is 1. The molecule has 2 aliphatic rings. The van der Waals surface area contributed by atoms with E-state index in [1.54, 1.807) is 0 Å². The number of aliphatic hydroxyl groups is 3. The number of hydrogen-bond donors (Lipinski definition) is 10. The van der Waals surface area contributed by atoms with Crippen LogP contribution in [0.5, 0.6) is 0 Å². The van der Waals surface area contributed by atoms with E-state index in [1.165, 1.54) is 22.5 Å². The summed E-state index contributed by atoms with van der Waals surface area (Å²) in [5.74, 6) is -0.276. The van der Waals surface area contributed by atoms with Gasteiger partial charge in [-0.2, -0.15) is 12.9 Å². The molecule has 7 unspecified atom stereocenters. The average Bonchev–Trinajstić information content (AvgIpc) is 3.62. The van der Waals surface area contributed by atoms with Gasteiger partial charge < -0.3 is 54.8 Å². The molecule has 0 amide bonds. The van der Waals surface area contributed by atoms with E-state index in [0.717, 1.165) is 19.4 Å². The Morgan fingerprint density at radius 3 is 2.02 bits per heavy atom. The molecule has 54 heavy (non-hydrogen) atoms. The number of rotatable bonds is 15. The summed E-state index contributed by atoms with van der Waals surface area (Å²) < 4.78 is 89.6. The van der Waals surface area contributed by atoms with Crippen LogP contribution in [0.4, 0.5) is 5.95 Å². The van der Waals surface area contributed by atoms with E-state index >= 15 is 0 Å². The van der Waals surface area contributed by atoms with Crippen molar-refractivity contribution in [3.8, 4) is 0 Å². The maximum atomic E-state index is 12.5. The summed E-state index contributed by atoms with van der Waals surface area (Å²) in [5, 5.41) is 31.4. The third-order valence-corrected chi connectivity index (χ3v) is 13.4. The fourth-order valence-electron chi connectivity index (χ4n) is 5.36. The van der Waals surface area contributed by atoms with Crippen molar-refractivity contribution in [1.82, 2.24) is 24.1 Å². The molecule has 29 nitrogen and oxygen atoms in total. The highest BCUT2D eigenvalue weighted by Gasteiger charge is 2.51. The van der Waals surface area contributed by atoms with Crippen LogP contribution in [0.25, 0.3) is 11.2 Å². The Bertz CT molecular complexity index is 2260. The monoisotopic (exact) mass is 858 g/mol. The van der Waals surface area contributed by atoms with Crippen LogP contribution in [0.2, 0.25) is 0 Å². The van der Waals surface area contributed by atoms with Gasteiger partial charge in [0.15, 0.2) is 12.6 Å². The first kappa shape index (κ1) is 42.3. The molecule has 3 aromatic rings. The Morgan fingerprint density at radius 2 is 1.44 bits per heavy atom. The topological polar surface area (TPSA) is 419 Å². The molecule has 0 spiro atoms. The number of nitrogens with one attached hydrogen (secondary N) is 2. The summed E-state index contributed by atoms with van der Waals surface area (Å²) in [7, 11) is -21.5. The van der Waals surface area contributed by atoms with Gasteiger partial charge in [0, 0.05) is 19.4 Å². The van der Waals surface area contributed by atoms with Crippen molar-refractivity contribution in [3.05, 3.63) is 49.8 Å². The highest BCUT2D eigenvalue weighted by atomic mass is 31.3. The van der Waals surface area contributed by atoms with Gasteiger partial charge in [-0.1, -0.05) is 4.98 Å². The fourth-order valence-corrected chi connectivity index (χ4v) is 10.3. The molecular formula is C21H32N7O22P4+. The number of aryl methyl sites for hydroxylation is 1. The minimum atomic E-state index is -6.23. The number of aromatic nitrogens is 6. The van der Waals surface area contributed by atoms with Crippen molar-refractivity contribution < 1.29 is 93.9 Å². The molecular weight excluding hydrogens is 826 g/mol. The lowest BCUT2D eigenvalue weighted by atomic mass is 10.1. The number of aliphatic hydroxyl groups excluding tert-OH is 3. The number of aromatic amines is 2. The minimum absolute atomic E-state index is 0.0211. The Morgan fingerprint density at radius 1 is 0.870 bits per heavy atom. The van der Waals surface area contributed by atoms with Crippen molar-refractivity contribution >= 4 is 48.4 Å². The molecule has 2 aliphatic heterocycles. The molecule has 11 N–H and O–H groups in total. The second-order valence-corrected chi connectivity index (χ2v) is 17.5. The summed E-state index contributed by atoms with van der Waals surface area (Å²) in [6.07, 6.45) is -10.7. The van der Waals surface area contributed by atoms with Crippen LogP contribution in [-0.4, -0.2) is 116 Å². The van der Waals surface area contributed by atoms with Gasteiger partial charge in [0.25, 0.3) is 17.1 Å². The lowest BCUT2D eigenvalue weighted by molar-refractivity contribution is -0.745. The Hall–Kier alpha value is -2.85. The summed E-state index contributed by atoms with van der Waals surface area (Å²) in [6.45, 7) is -2.23. The third-order valence-electron chi connectivity index (χ3n) is 7.53. The highest BCUT2D eigenvalue weighted by molar-refractivity contribution is 7.69. The number of methoxy groups -OCH3 is 1. The Kier molecular flexibility index (Phi) is 12.2. The third kappa shape index (κ3) is 9.39. The molecule has 0 saturated carbocycles. The number of ether oxygens (including phenoxy) is 3. The van der Waals surface area contributed by atoms with Gasteiger partial charge in [-0.15, -0.1) is 0 Å². The van der Waals surface area contributed by atoms with E-state index in [-0.39, 0.29) is 17.1 Å². The molecule has 0 aliphatic carbocycles. The number of nitrogen functional groups attached to an aromatic ring is 1. The lowest BCUT2D eigenvalue weighted by Gasteiger charge is -2.22. The molecule has 33 heteroatoms. The van der Waals surface area contributed by atoms with Crippen LogP contribution in [-0.2, 0) is 61.5 Å². The second kappa shape index (κ2) is 15.6. The number of nitrogens with zero attached hydrogens (tertiary/aromatic N) is 4. The summed E-state index contributed by atoms with van der Waals surface area (Å²) >= 11 is 0. The van der Waals surface area contributed by atoms with E-state index in [1.807, 2.05) is 4.98 Å². The van der Waals surface area contributed by atoms with Crippen molar-refractivity contribution in [2.75, 3.05) is 26.1 Å². The smallest absolute Gasteiger partial charge is 0.387 e. The summed E-state index contributed by atoms with van der Waals surface area (Å²) in [4.78, 5) is 83.6. The number of phosphoric acid groups is 4. The van der Waals surface area contributed by atoms with Gasteiger partial charge in [-0.3, -0.25) is 37.7 Å². The van der Waals surface area contributed by atoms with Gasteiger partial charge >= 0.3 is 42.6 Å². The van der Waals surface area contributed by atoms with E-state index in [0.29, 0.717) is 4.57 Å². The van der Waals surface area contributed by atoms with E-state index < -0.39 is 110 Å². The Balaban J connectivity index is 1.17. The number of anilines is 1. The first-order chi connectivity index (χ1) is 24.9. The van der Waals surface area contributed by atoms with E-state index in [4.69, 9.17) is 19.9 Å². The predicted molar refractivity (Wildman–Crippen MR) is 168 cm³/mol. The van der Waals surface area contributed by atoms with Gasteiger partial charge in [0.1, 0.15) is 36.6 Å². The van der Waals surface area contributed by atoms with Crippen molar-refractivity contribution in [2.45, 2.75) is 49.1 Å². The number of hydrogen-bond acceptors (Lipinski definition) is 20. The van der Waals surface area contributed by atoms with E-state index in [9.17, 15) is 67.5 Å². The highest BCUT2D eigenvalue weighted by Crippen LogP contribution is 2.71. The first-order valence-corrected chi connectivity index (χ1v) is 20.6. The van der Waals surface area contributed by atoms with Gasteiger partial charge in [-0.05, 0) is 0 Å². The summed E-state index contributed by atoms with van der Waals surface area (Å²) in [5.41, 5.74) is 3.11. The number of fused-ring (bicyclic) bond motifs is 1. The fraction of sp³-hybridized carbons (Fsp3) is 0.571. The molecule has 302 valence electrons. The molecule has 2 fully saturated rings. The van der Waals surface area contributed by atoms with Gasteiger partial charge in [0.05, 0.1) is 20.3 Å². The maximum absolute atomic E-state index is 12.5. The first-order valence-electron chi connectivity index (χ1n) is 14.6. The molecule has 12 atom stereocenters. The van der Waals surface area contributed by atoms with Crippen LogP contribution >= 0.6 is 31.3 Å². The van der Waals surface area contributed by atoms with Crippen LogP contribution in [0, 0.1) is 0 Å². The summed E-state index contributed by atoms with van der Waals surface area (Å²) in [6, 6.07) is 0.878. The number of phosphoric ester groups is 2. The van der Waals surface area contributed by atoms with Crippen LogP contribution in [0.1, 0.15) is 12.5 Å². The molecule has 0 bridgehead atoms. The molecule has 3 aromatic heterocycles. The standard InChI is InChI=1S/C21H31N7O22P4/c1-26-7-28(16-11(26)17(33)25-20(22)24-16)19-14(32)15(43-2)9(47-19)6-45-52(37,38)49-54(41,42)50-53(39,40)48-51(35,36)44-5-8-12(30)13(31)18(46-8)27-4-3-10(29)23-21(27)34/h3-4,7-9,12-15,18-19,30-32H,5-6H2,1-2H3,(H7-,22,23,24,25,29,33,34,35,36,37,38,39,40,41,42)/p+1/t8-,9-,12?,13+,14?,15?,18-,19-/m1/s1. The minimum Gasteiger partial charge on any atom is -0.387 e. The molecule has 5 rings (SSSR count). The number of H-pyrrole nitrogens is 2. The quantitative estimate of drug-likeness (QED) is 0.0515. The SMILES string of the molecule is COC1C(O)[C@H]([n+]2cn(C)c3c(=O)[nH]c(N)nc32)O[C@@H]1COP(=O)(O)OP(=O)(O)OP(=O)(O)OP(=O)(O)OC[C@H]1O[C@@H](n2ccc(=O)[nH]c2=O)[C@@H](O)C1O. The van der Waals surface area contributed by atoms with Crippen molar-refractivity contribution in [1.29, 1.82) is 0 Å². The average molecular weight is 858 g/mol. The molecule has 5 heterocycles. The zero-order chi connectivity index (χ0) is 40.1. The van der Waals surface area contributed by atoms with Crippen LogP contribution in [0.3, 0.4) is 0 Å². The largest absolute Gasteiger partial charge is 0.490 e. The van der Waals surface area contributed by atoms with Crippen molar-refractivity contribution in [3.63, 3.8) is 0 Å².